The van der Waals surface area contributed by atoms with E-state index in [0.29, 0.717) is 13.1 Å². The molecule has 1 heterocycles. The maximum Gasteiger partial charge on any atom is 0.191 e. The predicted octanol–water partition coefficient (Wildman–Crippen LogP) is 3.45. The Morgan fingerprint density at radius 1 is 1.08 bits per heavy atom. The minimum atomic E-state index is 0.624. The predicted molar refractivity (Wildman–Crippen MR) is 106 cm³/mol. The molecule has 0 aliphatic carbocycles. The van der Waals surface area contributed by atoms with Gasteiger partial charge in [-0.25, -0.2) is 4.98 Å². The van der Waals surface area contributed by atoms with Gasteiger partial charge in [0.2, 0.25) is 0 Å². The fourth-order valence-electron chi connectivity index (χ4n) is 2.48. The standard InChI is InChI=1S/C19H26ClN5/c1-4-25(5-2)18-11-10-15(12-22-18)13-23-19(21-3)24-14-16-8-6-7-9-17(16)20/h6-12H,4-5,13-14H2,1-3H3,(H2,21,23,24). The van der Waals surface area contributed by atoms with Gasteiger partial charge in [0.25, 0.3) is 0 Å². The summed E-state index contributed by atoms with van der Waals surface area (Å²) in [5.41, 5.74) is 2.15. The number of nitrogens with zero attached hydrogens (tertiary/aromatic N) is 3. The average molecular weight is 360 g/mol. The van der Waals surface area contributed by atoms with Gasteiger partial charge in [0.1, 0.15) is 5.82 Å². The maximum atomic E-state index is 6.18. The van der Waals surface area contributed by atoms with E-state index in [4.69, 9.17) is 11.6 Å². The van der Waals surface area contributed by atoms with Crippen LogP contribution < -0.4 is 15.5 Å². The van der Waals surface area contributed by atoms with E-state index < -0.39 is 0 Å². The van der Waals surface area contributed by atoms with E-state index in [1.165, 1.54) is 0 Å². The van der Waals surface area contributed by atoms with Gasteiger partial charge >= 0.3 is 0 Å². The number of hydrogen-bond acceptors (Lipinski definition) is 3. The molecule has 5 nitrogen and oxygen atoms in total. The minimum absolute atomic E-state index is 0.624. The molecule has 1 aromatic heterocycles. The van der Waals surface area contributed by atoms with Crippen molar-refractivity contribution in [2.45, 2.75) is 26.9 Å². The Bertz CT molecular complexity index is 680. The number of aliphatic imine (C=N–C) groups is 1. The third-order valence-electron chi connectivity index (χ3n) is 3.98. The van der Waals surface area contributed by atoms with Crippen LogP contribution in [0.1, 0.15) is 25.0 Å². The Labute approximate surface area is 155 Å². The van der Waals surface area contributed by atoms with Gasteiger partial charge in [0.05, 0.1) is 0 Å². The molecule has 0 saturated carbocycles. The molecule has 0 fully saturated rings. The Hall–Kier alpha value is -2.27. The van der Waals surface area contributed by atoms with Crippen molar-refractivity contribution in [1.29, 1.82) is 0 Å². The van der Waals surface area contributed by atoms with Crippen molar-refractivity contribution in [3.63, 3.8) is 0 Å². The van der Waals surface area contributed by atoms with Crippen LogP contribution in [0.15, 0.2) is 47.6 Å². The molecule has 0 unspecified atom stereocenters. The molecule has 0 saturated heterocycles. The van der Waals surface area contributed by atoms with Crippen LogP contribution in [0.2, 0.25) is 5.02 Å². The second kappa shape index (κ2) is 9.89. The number of hydrogen-bond donors (Lipinski definition) is 2. The number of guanidine groups is 1. The zero-order valence-corrected chi connectivity index (χ0v) is 15.8. The Kier molecular flexibility index (Phi) is 7.54. The summed E-state index contributed by atoms with van der Waals surface area (Å²) in [6, 6.07) is 11.9. The number of anilines is 1. The van der Waals surface area contributed by atoms with Gasteiger partial charge < -0.3 is 15.5 Å². The first-order valence-corrected chi connectivity index (χ1v) is 8.93. The summed E-state index contributed by atoms with van der Waals surface area (Å²) in [7, 11) is 1.75. The molecule has 0 aliphatic heterocycles. The number of aromatic nitrogens is 1. The van der Waals surface area contributed by atoms with Gasteiger partial charge in [-0.1, -0.05) is 35.9 Å². The van der Waals surface area contributed by atoms with Gasteiger partial charge in [0, 0.05) is 44.4 Å². The lowest BCUT2D eigenvalue weighted by Gasteiger charge is -2.19. The van der Waals surface area contributed by atoms with Crippen molar-refractivity contribution < 1.29 is 0 Å². The first-order valence-electron chi connectivity index (χ1n) is 8.55. The molecule has 0 aliphatic rings. The van der Waals surface area contributed by atoms with Crippen LogP contribution in [0.4, 0.5) is 5.82 Å². The van der Waals surface area contributed by atoms with E-state index in [9.17, 15) is 0 Å². The SMILES string of the molecule is CCN(CC)c1ccc(CNC(=NC)NCc2ccccc2Cl)cn1. The summed E-state index contributed by atoms with van der Waals surface area (Å²) >= 11 is 6.18. The third kappa shape index (κ3) is 5.64. The Morgan fingerprint density at radius 3 is 2.40 bits per heavy atom. The monoisotopic (exact) mass is 359 g/mol. The molecule has 2 aromatic rings. The number of halogens is 1. The summed E-state index contributed by atoms with van der Waals surface area (Å²) in [4.78, 5) is 11.0. The van der Waals surface area contributed by atoms with Gasteiger partial charge in [-0.05, 0) is 37.1 Å². The van der Waals surface area contributed by atoms with Gasteiger partial charge in [-0.15, -0.1) is 0 Å². The smallest absolute Gasteiger partial charge is 0.191 e. The van der Waals surface area contributed by atoms with Crippen LogP contribution in [0, 0.1) is 0 Å². The van der Waals surface area contributed by atoms with E-state index in [0.717, 1.165) is 41.0 Å². The highest BCUT2D eigenvalue weighted by Crippen LogP contribution is 2.14. The first kappa shape index (κ1) is 19.1. The molecule has 0 amide bonds. The van der Waals surface area contributed by atoms with Crippen LogP contribution in [0.3, 0.4) is 0 Å². The lowest BCUT2D eigenvalue weighted by atomic mass is 10.2. The Balaban J connectivity index is 1.87. The number of nitrogens with one attached hydrogen (secondary N) is 2. The molecule has 0 spiro atoms. The number of pyridine rings is 1. The fourth-order valence-corrected chi connectivity index (χ4v) is 2.69. The summed E-state index contributed by atoms with van der Waals surface area (Å²) < 4.78 is 0. The largest absolute Gasteiger partial charge is 0.357 e. The van der Waals surface area contributed by atoms with Crippen molar-refractivity contribution in [3.05, 3.63) is 58.7 Å². The topological polar surface area (TPSA) is 52.5 Å². The molecule has 0 radical (unpaired) electrons. The van der Waals surface area contributed by atoms with Crippen LogP contribution in [-0.2, 0) is 13.1 Å². The summed E-state index contributed by atoms with van der Waals surface area (Å²) in [6.07, 6.45) is 1.90. The van der Waals surface area contributed by atoms with Gasteiger partial charge in [-0.3, -0.25) is 4.99 Å². The van der Waals surface area contributed by atoms with E-state index >= 15 is 0 Å². The molecule has 0 bridgehead atoms. The highest BCUT2D eigenvalue weighted by Gasteiger charge is 2.04. The number of benzene rings is 1. The van der Waals surface area contributed by atoms with E-state index in [1.807, 2.05) is 30.5 Å². The van der Waals surface area contributed by atoms with E-state index in [2.05, 4.69) is 51.5 Å². The van der Waals surface area contributed by atoms with Crippen molar-refractivity contribution in [2.24, 2.45) is 4.99 Å². The molecule has 134 valence electrons. The molecule has 1 aromatic carbocycles. The third-order valence-corrected chi connectivity index (χ3v) is 4.35. The van der Waals surface area contributed by atoms with Crippen LogP contribution in [0.5, 0.6) is 0 Å². The summed E-state index contributed by atoms with van der Waals surface area (Å²) in [6.45, 7) is 7.47. The van der Waals surface area contributed by atoms with Crippen molar-refractivity contribution in [2.75, 3.05) is 25.0 Å². The van der Waals surface area contributed by atoms with Gasteiger partial charge in [0.15, 0.2) is 5.96 Å². The molecule has 2 rings (SSSR count). The summed E-state index contributed by atoms with van der Waals surface area (Å²) in [5.74, 6) is 1.74. The second-order valence-electron chi connectivity index (χ2n) is 5.57. The molecule has 25 heavy (non-hydrogen) atoms. The molecular weight excluding hydrogens is 334 g/mol. The quantitative estimate of drug-likeness (QED) is 0.587. The lowest BCUT2D eigenvalue weighted by Crippen LogP contribution is -2.36. The maximum absolute atomic E-state index is 6.18. The van der Waals surface area contributed by atoms with Gasteiger partial charge in [-0.2, -0.15) is 0 Å². The first-order chi connectivity index (χ1) is 12.2. The zero-order valence-electron chi connectivity index (χ0n) is 15.1. The minimum Gasteiger partial charge on any atom is -0.357 e. The molecule has 0 atom stereocenters. The molecule has 6 heteroatoms. The van der Waals surface area contributed by atoms with Crippen molar-refractivity contribution in [3.8, 4) is 0 Å². The second-order valence-corrected chi connectivity index (χ2v) is 5.97. The summed E-state index contributed by atoms with van der Waals surface area (Å²) in [5, 5.41) is 7.32. The lowest BCUT2D eigenvalue weighted by molar-refractivity contribution is 0.803. The molecule has 2 N–H and O–H groups in total. The number of rotatable bonds is 7. The Morgan fingerprint density at radius 2 is 1.80 bits per heavy atom. The average Bonchev–Trinajstić information content (AvgIpc) is 2.65. The normalized spacial score (nSPS) is 11.3. The van der Waals surface area contributed by atoms with Crippen molar-refractivity contribution in [1.82, 2.24) is 15.6 Å². The zero-order chi connectivity index (χ0) is 18.1. The van der Waals surface area contributed by atoms with Crippen LogP contribution in [-0.4, -0.2) is 31.1 Å². The van der Waals surface area contributed by atoms with E-state index in [-0.39, 0.29) is 0 Å². The van der Waals surface area contributed by atoms with Crippen molar-refractivity contribution >= 4 is 23.4 Å². The highest BCUT2D eigenvalue weighted by molar-refractivity contribution is 6.31. The van der Waals surface area contributed by atoms with Crippen LogP contribution in [0.25, 0.3) is 0 Å². The fraction of sp³-hybridized carbons (Fsp3) is 0.368. The molecular formula is C19H26ClN5. The van der Waals surface area contributed by atoms with E-state index in [1.54, 1.807) is 7.05 Å². The van der Waals surface area contributed by atoms with Crippen LogP contribution >= 0.6 is 11.6 Å². The highest BCUT2D eigenvalue weighted by atomic mass is 35.5.